The Morgan fingerprint density at radius 2 is 2.07 bits per heavy atom. The number of carbonyl (C=O) groups excluding carboxylic acids is 1. The lowest BCUT2D eigenvalue weighted by atomic mass is 10.1. The van der Waals surface area contributed by atoms with Gasteiger partial charge in [-0.25, -0.2) is 0 Å². The van der Waals surface area contributed by atoms with Crippen LogP contribution in [0.3, 0.4) is 0 Å². The van der Waals surface area contributed by atoms with Crippen LogP contribution in [0.2, 0.25) is 0 Å². The number of primary amides is 1. The molecule has 3 nitrogen and oxygen atoms in total. The van der Waals surface area contributed by atoms with Gasteiger partial charge in [-0.1, -0.05) is 42.5 Å². The minimum absolute atomic E-state index is 0.254. The van der Waals surface area contributed by atoms with E-state index in [1.54, 1.807) is 6.08 Å². The average molecular weight is 191 g/mol. The van der Waals surface area contributed by atoms with Gasteiger partial charge in [-0.05, 0) is 5.56 Å². The Morgan fingerprint density at radius 3 is 2.64 bits per heavy atom. The van der Waals surface area contributed by atoms with Crippen LogP contribution in [0.4, 0.5) is 0 Å². The number of amides is 1. The summed E-state index contributed by atoms with van der Waals surface area (Å²) in [5.74, 6) is -0.692. The number of hydrogen-bond donors (Lipinski definition) is 2. The summed E-state index contributed by atoms with van der Waals surface area (Å²) in [6.45, 7) is 0. The molecule has 0 radical (unpaired) electrons. The first-order valence-corrected chi connectivity index (χ1v) is 4.39. The highest BCUT2D eigenvalue weighted by molar-refractivity contribution is 5.78. The van der Waals surface area contributed by atoms with E-state index in [9.17, 15) is 4.79 Å². The Bertz CT molecular complexity index is 319. The predicted octanol–water partition coefficient (Wildman–Crippen LogP) is 0.936. The number of aliphatic hydroxyl groups excluding tert-OH is 1. The fraction of sp³-hybridized carbons (Fsp3) is 0.182. The maximum absolute atomic E-state index is 10.5. The van der Waals surface area contributed by atoms with Gasteiger partial charge in [-0.2, -0.15) is 0 Å². The van der Waals surface area contributed by atoms with Crippen LogP contribution in [0.1, 0.15) is 12.0 Å². The van der Waals surface area contributed by atoms with Crippen molar-refractivity contribution in [3.05, 3.63) is 42.0 Å². The van der Waals surface area contributed by atoms with Crippen LogP contribution < -0.4 is 5.73 Å². The summed E-state index contributed by atoms with van der Waals surface area (Å²) >= 11 is 0. The molecular formula is C11H13NO2. The van der Waals surface area contributed by atoms with Crippen molar-refractivity contribution in [2.75, 3.05) is 0 Å². The van der Waals surface area contributed by atoms with Crippen molar-refractivity contribution in [2.45, 2.75) is 12.5 Å². The molecule has 0 saturated heterocycles. The molecule has 14 heavy (non-hydrogen) atoms. The molecule has 0 aliphatic heterocycles. The highest BCUT2D eigenvalue weighted by Crippen LogP contribution is 2.02. The minimum Gasteiger partial charge on any atom is -0.383 e. The van der Waals surface area contributed by atoms with E-state index >= 15 is 0 Å². The van der Waals surface area contributed by atoms with Crippen LogP contribution in [-0.2, 0) is 4.79 Å². The van der Waals surface area contributed by atoms with Crippen molar-refractivity contribution in [2.24, 2.45) is 5.73 Å². The molecule has 0 aromatic heterocycles. The van der Waals surface area contributed by atoms with E-state index < -0.39 is 12.0 Å². The number of benzene rings is 1. The largest absolute Gasteiger partial charge is 0.383 e. The van der Waals surface area contributed by atoms with Crippen LogP contribution in [0.25, 0.3) is 6.08 Å². The van der Waals surface area contributed by atoms with Crippen molar-refractivity contribution in [1.29, 1.82) is 0 Å². The molecule has 0 saturated carbocycles. The first kappa shape index (κ1) is 10.5. The molecule has 1 rings (SSSR count). The van der Waals surface area contributed by atoms with Gasteiger partial charge in [0.1, 0.15) is 6.10 Å². The lowest BCUT2D eigenvalue weighted by Crippen LogP contribution is -2.27. The topological polar surface area (TPSA) is 63.3 Å². The molecular weight excluding hydrogens is 178 g/mol. The van der Waals surface area contributed by atoms with Gasteiger partial charge < -0.3 is 10.8 Å². The van der Waals surface area contributed by atoms with Crippen LogP contribution in [0.15, 0.2) is 36.4 Å². The molecule has 1 atom stereocenters. The van der Waals surface area contributed by atoms with Gasteiger partial charge in [0.05, 0.1) is 0 Å². The Morgan fingerprint density at radius 1 is 1.43 bits per heavy atom. The van der Waals surface area contributed by atoms with Gasteiger partial charge in [0, 0.05) is 6.42 Å². The molecule has 0 heterocycles. The van der Waals surface area contributed by atoms with E-state index in [1.165, 1.54) is 0 Å². The first-order chi connectivity index (χ1) is 6.70. The zero-order chi connectivity index (χ0) is 10.4. The summed E-state index contributed by atoms with van der Waals surface area (Å²) in [7, 11) is 0. The molecule has 1 unspecified atom stereocenters. The first-order valence-electron chi connectivity index (χ1n) is 4.39. The van der Waals surface area contributed by atoms with Crippen molar-refractivity contribution in [1.82, 2.24) is 0 Å². The zero-order valence-electron chi connectivity index (χ0n) is 7.76. The molecule has 0 aliphatic rings. The van der Waals surface area contributed by atoms with Crippen molar-refractivity contribution in [3.63, 3.8) is 0 Å². The van der Waals surface area contributed by atoms with Gasteiger partial charge in [0.2, 0.25) is 5.91 Å². The second kappa shape index (κ2) is 5.19. The van der Waals surface area contributed by atoms with Gasteiger partial charge in [0.25, 0.3) is 0 Å². The second-order valence-corrected chi connectivity index (χ2v) is 2.97. The maximum Gasteiger partial charge on any atom is 0.246 e. The van der Waals surface area contributed by atoms with E-state index in [0.29, 0.717) is 0 Å². The summed E-state index contributed by atoms with van der Waals surface area (Å²) in [4.78, 5) is 10.5. The Balaban J connectivity index is 2.46. The number of rotatable bonds is 4. The van der Waals surface area contributed by atoms with Gasteiger partial charge in [0.15, 0.2) is 0 Å². The number of nitrogens with two attached hydrogens (primary N) is 1. The van der Waals surface area contributed by atoms with Gasteiger partial charge >= 0.3 is 0 Å². The van der Waals surface area contributed by atoms with Crippen molar-refractivity contribution in [3.8, 4) is 0 Å². The second-order valence-electron chi connectivity index (χ2n) is 2.97. The number of aliphatic hydroxyl groups is 1. The Kier molecular flexibility index (Phi) is 3.88. The molecule has 0 fully saturated rings. The van der Waals surface area contributed by atoms with Crippen LogP contribution in [0.5, 0.6) is 0 Å². The lowest BCUT2D eigenvalue weighted by molar-refractivity contribution is -0.125. The third-order valence-corrected chi connectivity index (χ3v) is 1.80. The summed E-state index contributed by atoms with van der Waals surface area (Å²) in [5.41, 5.74) is 5.92. The molecule has 3 heteroatoms. The maximum atomic E-state index is 10.5. The molecule has 1 aromatic carbocycles. The normalized spacial score (nSPS) is 12.9. The molecule has 0 bridgehead atoms. The van der Waals surface area contributed by atoms with Crippen LogP contribution in [0, 0.1) is 0 Å². The minimum atomic E-state index is -1.09. The monoisotopic (exact) mass is 191 g/mol. The third-order valence-electron chi connectivity index (χ3n) is 1.80. The molecule has 1 aromatic rings. The molecule has 1 amide bonds. The quantitative estimate of drug-likeness (QED) is 0.743. The van der Waals surface area contributed by atoms with E-state index in [0.717, 1.165) is 5.56 Å². The Labute approximate surface area is 82.9 Å². The molecule has 0 spiro atoms. The van der Waals surface area contributed by atoms with Crippen molar-refractivity contribution < 1.29 is 9.90 Å². The zero-order valence-corrected chi connectivity index (χ0v) is 7.76. The van der Waals surface area contributed by atoms with E-state index in [-0.39, 0.29) is 6.42 Å². The lowest BCUT2D eigenvalue weighted by Gasteiger charge is -2.00. The standard InChI is InChI=1S/C11H13NO2/c12-11(14)10(13)8-4-7-9-5-2-1-3-6-9/h1-7,10,13H,8H2,(H2,12,14). The van der Waals surface area contributed by atoms with Gasteiger partial charge in [-0.3, -0.25) is 4.79 Å². The number of carbonyl (C=O) groups is 1. The van der Waals surface area contributed by atoms with Crippen molar-refractivity contribution >= 4 is 12.0 Å². The van der Waals surface area contributed by atoms with E-state index in [2.05, 4.69) is 0 Å². The van der Waals surface area contributed by atoms with E-state index in [4.69, 9.17) is 10.8 Å². The highest BCUT2D eigenvalue weighted by Gasteiger charge is 2.06. The fourth-order valence-corrected chi connectivity index (χ4v) is 1.01. The predicted molar refractivity (Wildman–Crippen MR) is 55.3 cm³/mol. The smallest absolute Gasteiger partial charge is 0.246 e. The Hall–Kier alpha value is -1.61. The molecule has 74 valence electrons. The summed E-state index contributed by atoms with van der Waals surface area (Å²) in [6.07, 6.45) is 2.73. The fourth-order valence-electron chi connectivity index (χ4n) is 1.01. The third kappa shape index (κ3) is 3.41. The van der Waals surface area contributed by atoms with Crippen LogP contribution >= 0.6 is 0 Å². The SMILES string of the molecule is NC(=O)C(O)CC=Cc1ccccc1. The number of hydrogen-bond acceptors (Lipinski definition) is 2. The van der Waals surface area contributed by atoms with Crippen LogP contribution in [-0.4, -0.2) is 17.1 Å². The highest BCUT2D eigenvalue weighted by atomic mass is 16.3. The van der Waals surface area contributed by atoms with Gasteiger partial charge in [-0.15, -0.1) is 0 Å². The average Bonchev–Trinajstić information content (AvgIpc) is 2.19. The van der Waals surface area contributed by atoms with E-state index in [1.807, 2.05) is 36.4 Å². The molecule has 0 aliphatic carbocycles. The summed E-state index contributed by atoms with van der Waals surface area (Å²) < 4.78 is 0. The summed E-state index contributed by atoms with van der Waals surface area (Å²) in [6, 6.07) is 9.64. The summed E-state index contributed by atoms with van der Waals surface area (Å²) in [5, 5.41) is 9.08. The molecule has 3 N–H and O–H groups in total.